The molecule has 32 heavy (non-hydrogen) atoms. The summed E-state index contributed by atoms with van der Waals surface area (Å²) in [6.45, 7) is 9.54. The van der Waals surface area contributed by atoms with Gasteiger partial charge in [-0.3, -0.25) is 4.79 Å². The number of hydrogen-bond donors (Lipinski definition) is 1. The molecule has 174 valence electrons. The third-order valence-electron chi connectivity index (χ3n) is 6.37. The van der Waals surface area contributed by atoms with Gasteiger partial charge in [-0.15, -0.1) is 0 Å². The predicted octanol–water partition coefficient (Wildman–Crippen LogP) is 4.55. The lowest BCUT2D eigenvalue weighted by molar-refractivity contribution is -0.137. The molecule has 1 saturated heterocycles. The van der Waals surface area contributed by atoms with Crippen LogP contribution in [0.15, 0.2) is 55.3 Å². The molecule has 2 aliphatic rings. The van der Waals surface area contributed by atoms with E-state index in [0.717, 1.165) is 18.5 Å². The number of ether oxygens (including phenoxy) is 2. The predicted molar refractivity (Wildman–Crippen MR) is 128 cm³/mol. The number of aryl methyl sites for hydroxylation is 1. The lowest BCUT2D eigenvalue weighted by Crippen LogP contribution is -2.53. The number of likely N-dealkylation sites (tertiary alicyclic amines) is 1. The van der Waals surface area contributed by atoms with Crippen molar-refractivity contribution in [3.8, 4) is 0 Å². The Balaban J connectivity index is 1.83. The molecule has 6 nitrogen and oxygen atoms in total. The molecule has 6 heteroatoms. The number of carbonyl (C=O) groups is 1. The molecule has 3 rings (SSSR count). The summed E-state index contributed by atoms with van der Waals surface area (Å²) in [5, 5.41) is 3.63. The first-order valence-electron chi connectivity index (χ1n) is 11.4. The molecule has 1 aromatic heterocycles. The van der Waals surface area contributed by atoms with Gasteiger partial charge in [-0.2, -0.15) is 0 Å². The van der Waals surface area contributed by atoms with Crippen molar-refractivity contribution in [1.82, 2.24) is 14.8 Å². The molecule has 2 aliphatic heterocycles. The first kappa shape index (κ1) is 23.8. The summed E-state index contributed by atoms with van der Waals surface area (Å²) < 4.78 is 12.6. The van der Waals surface area contributed by atoms with Gasteiger partial charge in [-0.05, 0) is 49.6 Å². The fourth-order valence-electron chi connectivity index (χ4n) is 4.52. The third-order valence-corrected chi connectivity index (χ3v) is 6.37. The van der Waals surface area contributed by atoms with Crippen molar-refractivity contribution in [1.29, 1.82) is 0 Å². The molecular formula is C26H37N3O3. The Morgan fingerprint density at radius 1 is 1.44 bits per heavy atom. The number of nitrogens with one attached hydrogen (secondary N) is 1. The number of nitrogens with zero attached hydrogens (tertiary/aromatic N) is 2. The fraction of sp³-hybridized carbons (Fsp3) is 0.500. The quantitative estimate of drug-likeness (QED) is 0.633. The maximum Gasteiger partial charge on any atom is 0.225 e. The zero-order valence-corrected chi connectivity index (χ0v) is 19.8. The van der Waals surface area contributed by atoms with Crippen LogP contribution >= 0.6 is 0 Å². The monoisotopic (exact) mass is 439 g/mol. The highest BCUT2D eigenvalue weighted by molar-refractivity contribution is 5.79. The summed E-state index contributed by atoms with van der Waals surface area (Å²) in [6.07, 6.45) is 17.3. The average molecular weight is 440 g/mol. The Labute approximate surface area is 192 Å². The van der Waals surface area contributed by atoms with Crippen molar-refractivity contribution in [3.05, 3.63) is 66.5 Å². The molecule has 1 amide bonds. The van der Waals surface area contributed by atoms with E-state index in [0.29, 0.717) is 37.6 Å². The number of fused-ring (bicyclic) bond motifs is 2. The normalized spacial score (nSPS) is 26.3. The molecule has 3 atom stereocenters. The number of aromatic nitrogens is 1. The van der Waals surface area contributed by atoms with E-state index in [-0.39, 0.29) is 11.8 Å². The van der Waals surface area contributed by atoms with E-state index in [1.807, 2.05) is 17.2 Å². The lowest BCUT2D eigenvalue weighted by Gasteiger charge is -2.43. The van der Waals surface area contributed by atoms with E-state index >= 15 is 0 Å². The van der Waals surface area contributed by atoms with Crippen molar-refractivity contribution in [2.75, 3.05) is 27.3 Å². The van der Waals surface area contributed by atoms with Gasteiger partial charge in [0, 0.05) is 43.5 Å². The molecule has 1 spiro atoms. The minimum Gasteiger partial charge on any atom is -0.505 e. The Hall–Kier alpha value is -2.89. The van der Waals surface area contributed by atoms with Crippen LogP contribution in [0.5, 0.6) is 0 Å². The Kier molecular flexibility index (Phi) is 7.89. The zero-order chi connectivity index (χ0) is 23.1. The highest BCUT2D eigenvalue weighted by Gasteiger charge is 2.42. The summed E-state index contributed by atoms with van der Waals surface area (Å²) in [5.74, 6) is 1.37. The number of allylic oxidation sites excluding steroid dienone is 3. The van der Waals surface area contributed by atoms with Crippen LogP contribution in [0.2, 0.25) is 0 Å². The average Bonchev–Trinajstić information content (AvgIpc) is 3.14. The van der Waals surface area contributed by atoms with Crippen molar-refractivity contribution in [2.24, 2.45) is 11.8 Å². The fourth-order valence-corrected chi connectivity index (χ4v) is 4.52. The Morgan fingerprint density at radius 2 is 2.25 bits per heavy atom. The summed E-state index contributed by atoms with van der Waals surface area (Å²) in [7, 11) is 3.25. The van der Waals surface area contributed by atoms with E-state index in [9.17, 15) is 4.79 Å². The summed E-state index contributed by atoms with van der Waals surface area (Å²) in [6, 6.07) is 2.20. The van der Waals surface area contributed by atoms with Crippen molar-refractivity contribution in [3.63, 3.8) is 0 Å². The van der Waals surface area contributed by atoms with Crippen LogP contribution in [-0.2, 0) is 19.8 Å². The summed E-state index contributed by atoms with van der Waals surface area (Å²) in [5.41, 5.74) is 1.91. The van der Waals surface area contributed by atoms with Gasteiger partial charge >= 0.3 is 0 Å². The zero-order valence-electron chi connectivity index (χ0n) is 19.8. The van der Waals surface area contributed by atoms with Gasteiger partial charge in [0.1, 0.15) is 0 Å². The number of carbonyl (C=O) groups excluding carboxylic acids is 1. The maximum absolute atomic E-state index is 13.4. The molecule has 0 aliphatic carbocycles. The number of methoxy groups -OCH3 is 2. The second-order valence-corrected chi connectivity index (χ2v) is 9.03. The van der Waals surface area contributed by atoms with Gasteiger partial charge in [0.15, 0.2) is 0 Å². The molecule has 1 fully saturated rings. The molecule has 0 aromatic carbocycles. The topological polar surface area (TPSA) is 55.7 Å². The van der Waals surface area contributed by atoms with Gasteiger partial charge < -0.3 is 24.3 Å². The molecule has 3 heterocycles. The van der Waals surface area contributed by atoms with Gasteiger partial charge in [0.2, 0.25) is 5.91 Å². The first-order valence-corrected chi connectivity index (χ1v) is 11.4. The molecule has 3 unspecified atom stereocenters. The Bertz CT molecular complexity index is 898. The van der Waals surface area contributed by atoms with Gasteiger partial charge in [0.25, 0.3) is 0 Å². The first-order chi connectivity index (χ1) is 15.4. The summed E-state index contributed by atoms with van der Waals surface area (Å²) in [4.78, 5) is 15.4. The number of rotatable bonds is 7. The van der Waals surface area contributed by atoms with Crippen LogP contribution in [0.25, 0.3) is 6.20 Å². The standard InChI is InChI=1S/C26H37N3O3/c1-20-7-6-12-28-18-21(2)15-24(28)26(27-11-8-20)10-13-29(25(30)17-26)19-23(9-14-31-4)16-22(3)32-5/h6,8-9,11-12,14-15,18,20,23,27H,3,7,10,13,16-17,19H2,1-2,4-5H3/b11-8+,12-6+,14-9+. The molecule has 0 saturated carbocycles. The number of piperidine rings is 1. The van der Waals surface area contributed by atoms with Crippen LogP contribution < -0.4 is 5.32 Å². The Morgan fingerprint density at radius 3 is 2.97 bits per heavy atom. The minimum absolute atomic E-state index is 0.0900. The van der Waals surface area contributed by atoms with Gasteiger partial charge in [-0.1, -0.05) is 25.7 Å². The largest absolute Gasteiger partial charge is 0.505 e. The molecule has 0 bridgehead atoms. The van der Waals surface area contributed by atoms with Crippen LogP contribution in [0, 0.1) is 18.8 Å². The molecule has 1 N–H and O–H groups in total. The smallest absolute Gasteiger partial charge is 0.225 e. The van der Waals surface area contributed by atoms with E-state index < -0.39 is 5.54 Å². The van der Waals surface area contributed by atoms with E-state index in [2.05, 4.69) is 60.9 Å². The van der Waals surface area contributed by atoms with Crippen LogP contribution in [0.3, 0.4) is 0 Å². The van der Waals surface area contributed by atoms with Crippen LogP contribution in [0.4, 0.5) is 0 Å². The van der Waals surface area contributed by atoms with E-state index in [1.54, 1.807) is 20.5 Å². The molecular weight excluding hydrogens is 402 g/mol. The van der Waals surface area contributed by atoms with Crippen molar-refractivity contribution in [2.45, 2.75) is 45.1 Å². The second-order valence-electron chi connectivity index (χ2n) is 9.03. The molecule has 1 aromatic rings. The van der Waals surface area contributed by atoms with Gasteiger partial charge in [0.05, 0.1) is 38.2 Å². The SMILES string of the molecule is C=C(CC(/C=C/OC)CN1CCC2(CC1=O)N/C=C/C(C)C/C=C/n1cc(C)cc12)OC. The highest BCUT2D eigenvalue weighted by atomic mass is 16.5. The van der Waals surface area contributed by atoms with E-state index in [1.165, 1.54) is 5.56 Å². The van der Waals surface area contributed by atoms with Crippen molar-refractivity contribution >= 4 is 12.1 Å². The molecule has 0 radical (unpaired) electrons. The summed E-state index contributed by atoms with van der Waals surface area (Å²) >= 11 is 0. The lowest BCUT2D eigenvalue weighted by atomic mass is 9.83. The van der Waals surface area contributed by atoms with Crippen LogP contribution in [-0.4, -0.2) is 42.7 Å². The third kappa shape index (κ3) is 5.67. The highest BCUT2D eigenvalue weighted by Crippen LogP contribution is 2.36. The van der Waals surface area contributed by atoms with Crippen molar-refractivity contribution < 1.29 is 14.3 Å². The second kappa shape index (κ2) is 10.6. The maximum atomic E-state index is 13.4. The minimum atomic E-state index is -0.423. The number of hydrogen-bond acceptors (Lipinski definition) is 4. The van der Waals surface area contributed by atoms with Gasteiger partial charge in [-0.25, -0.2) is 0 Å². The van der Waals surface area contributed by atoms with E-state index in [4.69, 9.17) is 9.47 Å². The van der Waals surface area contributed by atoms with Crippen LogP contribution in [0.1, 0.15) is 43.9 Å². The number of amides is 1.